The van der Waals surface area contributed by atoms with Crippen LogP contribution in [0.25, 0.3) is 10.8 Å². The monoisotopic (exact) mass is 460 g/mol. The quantitative estimate of drug-likeness (QED) is 0.640. The Balaban J connectivity index is 2.57. The third-order valence-corrected chi connectivity index (χ3v) is 5.64. The number of benzene rings is 2. The summed E-state index contributed by atoms with van der Waals surface area (Å²) in [4.78, 5) is 0. The van der Waals surface area contributed by atoms with Crippen molar-refractivity contribution in [3.05, 3.63) is 47.5 Å². The predicted octanol–water partition coefficient (Wildman–Crippen LogP) is 3.47. The number of fused-ring (bicyclic) bond motifs is 1. The normalized spacial score (nSPS) is 10.9. The second-order valence-electron chi connectivity index (χ2n) is 3.48. The molecule has 0 saturated carbocycles. The van der Waals surface area contributed by atoms with Gasteiger partial charge < -0.3 is 0 Å². The van der Waals surface area contributed by atoms with Crippen LogP contribution in [0.5, 0.6) is 0 Å². The molecule has 0 aromatic heterocycles. The van der Waals surface area contributed by atoms with Gasteiger partial charge in [-0.3, -0.25) is 0 Å². The fourth-order valence-corrected chi connectivity index (χ4v) is 4.98. The van der Waals surface area contributed by atoms with Crippen LogP contribution in [0.2, 0.25) is 0 Å². The maximum absolute atomic E-state index is 2.30. The Labute approximate surface area is 129 Å². The molecule has 0 aliphatic carbocycles. The molecule has 0 aliphatic heterocycles. The van der Waals surface area contributed by atoms with Gasteiger partial charge >= 0.3 is 131 Å². The fraction of sp³-hybridized carbons (Fsp3) is 0.167. The Hall–Kier alpha value is 1.04. The molecule has 0 aliphatic rings. The summed E-state index contributed by atoms with van der Waals surface area (Å²) in [5.41, 5.74) is 2.94. The summed E-state index contributed by atoms with van der Waals surface area (Å²) in [6.45, 7) is 0. The molecule has 2 aromatic rings. The van der Waals surface area contributed by atoms with Crippen LogP contribution in [-0.4, -0.2) is 43.2 Å². The first-order chi connectivity index (χ1) is 7.86. The second-order valence-corrected chi connectivity index (χ2v) is 8.99. The van der Waals surface area contributed by atoms with Crippen molar-refractivity contribution in [3.63, 3.8) is 0 Å². The number of hydrogen-bond acceptors (Lipinski definition) is 2. The van der Waals surface area contributed by atoms with Gasteiger partial charge in [0.15, 0.2) is 0 Å². The molecule has 0 saturated heterocycles. The Kier molecular flexibility index (Phi) is 5.75. The van der Waals surface area contributed by atoms with Crippen LogP contribution in [0.1, 0.15) is 11.1 Å². The van der Waals surface area contributed by atoms with Crippen LogP contribution in [0, 0.1) is 0 Å². The molecule has 0 amide bonds. The second kappa shape index (κ2) is 6.83. The Morgan fingerprint density at radius 2 is 1.19 bits per heavy atom. The first-order valence-corrected chi connectivity index (χ1v) is 13.0. The van der Waals surface area contributed by atoms with Gasteiger partial charge in [-0.05, 0) is 0 Å². The van der Waals surface area contributed by atoms with E-state index >= 15 is 0 Å². The summed E-state index contributed by atoms with van der Waals surface area (Å²) in [7, 11) is 3.87. The van der Waals surface area contributed by atoms with Crippen LogP contribution in [0.15, 0.2) is 36.4 Å². The molecule has 4 heteroatoms. The first kappa shape index (κ1) is 13.5. The first-order valence-electron chi connectivity index (χ1n) is 4.89. The van der Waals surface area contributed by atoms with Gasteiger partial charge in [-0.1, -0.05) is 0 Å². The number of hydrogen-bond donors (Lipinski definition) is 0. The SMILES string of the molecule is [Sb][S]Cc1ccc(C[S][Sb])c2ccccc12. The van der Waals surface area contributed by atoms with E-state index in [4.69, 9.17) is 0 Å². The van der Waals surface area contributed by atoms with Crippen LogP contribution in [-0.2, 0) is 11.5 Å². The molecule has 0 atom stereocenters. The molecule has 0 N–H and O–H groups in total. The van der Waals surface area contributed by atoms with Crippen molar-refractivity contribution >= 4 is 71.7 Å². The van der Waals surface area contributed by atoms with Crippen molar-refractivity contribution in [2.45, 2.75) is 11.5 Å². The van der Waals surface area contributed by atoms with Gasteiger partial charge in [-0.2, -0.15) is 0 Å². The number of rotatable bonds is 4. The Morgan fingerprint density at radius 3 is 1.56 bits per heavy atom. The van der Waals surface area contributed by atoms with E-state index in [9.17, 15) is 0 Å². The molecule has 0 heterocycles. The van der Waals surface area contributed by atoms with Crippen LogP contribution < -0.4 is 0 Å². The van der Waals surface area contributed by atoms with Gasteiger partial charge in [-0.15, -0.1) is 0 Å². The van der Waals surface area contributed by atoms with Crippen LogP contribution >= 0.6 is 17.7 Å². The summed E-state index contributed by atoms with van der Waals surface area (Å²) in [5, 5.41) is 2.87. The molecule has 0 fully saturated rings. The summed E-state index contributed by atoms with van der Waals surface area (Å²) in [6, 6.07) is 13.4. The zero-order valence-electron chi connectivity index (χ0n) is 8.59. The van der Waals surface area contributed by atoms with Crippen molar-refractivity contribution in [2.75, 3.05) is 0 Å². The van der Waals surface area contributed by atoms with Crippen molar-refractivity contribution in [1.29, 1.82) is 0 Å². The zero-order valence-corrected chi connectivity index (χ0v) is 15.3. The van der Waals surface area contributed by atoms with E-state index in [2.05, 4.69) is 36.4 Å². The van der Waals surface area contributed by atoms with E-state index in [1.54, 1.807) is 0 Å². The van der Waals surface area contributed by atoms with E-state index in [-0.39, 0.29) is 0 Å². The van der Waals surface area contributed by atoms with Crippen molar-refractivity contribution in [2.24, 2.45) is 0 Å². The summed E-state index contributed by atoms with van der Waals surface area (Å²) < 4.78 is 0. The summed E-state index contributed by atoms with van der Waals surface area (Å²) >= 11 is 3.64. The van der Waals surface area contributed by atoms with Gasteiger partial charge in [0.05, 0.1) is 0 Å². The third kappa shape index (κ3) is 3.08. The molecule has 0 nitrogen and oxygen atoms in total. The van der Waals surface area contributed by atoms with Crippen molar-refractivity contribution < 1.29 is 0 Å². The minimum atomic E-state index is 1.12. The molecule has 2 rings (SSSR count). The molecule has 80 valence electrons. The Bertz CT molecular complexity index is 441. The van der Waals surface area contributed by atoms with Crippen molar-refractivity contribution in [3.8, 4) is 0 Å². The molecule has 0 bridgehead atoms. The van der Waals surface area contributed by atoms with Gasteiger partial charge in [0.2, 0.25) is 0 Å². The molecular formula is C12H10S2Sb2. The summed E-state index contributed by atoms with van der Waals surface area (Å²) in [6.07, 6.45) is 0. The minimum absolute atomic E-state index is 1.12. The maximum atomic E-state index is 2.30. The summed E-state index contributed by atoms with van der Waals surface area (Å²) in [5.74, 6) is 2.25. The molecule has 16 heavy (non-hydrogen) atoms. The van der Waals surface area contributed by atoms with Gasteiger partial charge in [-0.25, -0.2) is 0 Å². The molecule has 0 spiro atoms. The van der Waals surface area contributed by atoms with Crippen LogP contribution in [0.4, 0.5) is 0 Å². The average Bonchev–Trinajstić information content (AvgIpc) is 2.33. The standard InChI is InChI=1S/C12H12S2.2Sb/c13-7-9-5-6-10(8-14)12-4-2-1-3-11(9)12;;/h1-6,13-14H,7-8H2;;/q;2*+1/p-2. The van der Waals surface area contributed by atoms with Crippen molar-refractivity contribution in [1.82, 2.24) is 0 Å². The topological polar surface area (TPSA) is 0 Å². The van der Waals surface area contributed by atoms with E-state index in [0.29, 0.717) is 0 Å². The van der Waals surface area contributed by atoms with E-state index in [1.807, 2.05) is 60.9 Å². The van der Waals surface area contributed by atoms with Gasteiger partial charge in [0.1, 0.15) is 0 Å². The fourth-order valence-electron chi connectivity index (χ4n) is 1.81. The molecule has 0 unspecified atom stereocenters. The van der Waals surface area contributed by atoms with Gasteiger partial charge in [0.25, 0.3) is 0 Å². The van der Waals surface area contributed by atoms with Crippen LogP contribution in [0.3, 0.4) is 0 Å². The zero-order chi connectivity index (χ0) is 11.4. The Morgan fingerprint density at radius 1 is 0.750 bits per heavy atom. The molecule has 4 radical (unpaired) electrons. The van der Waals surface area contributed by atoms with E-state index in [0.717, 1.165) is 11.5 Å². The molecule has 2 aromatic carbocycles. The van der Waals surface area contributed by atoms with E-state index < -0.39 is 0 Å². The van der Waals surface area contributed by atoms with Gasteiger partial charge in [0, 0.05) is 0 Å². The van der Waals surface area contributed by atoms with E-state index in [1.165, 1.54) is 21.9 Å². The third-order valence-electron chi connectivity index (χ3n) is 2.54. The molecular weight excluding hydrogens is 452 g/mol. The average molecular weight is 462 g/mol. The predicted molar refractivity (Wildman–Crippen MR) is 78.0 cm³/mol.